The van der Waals surface area contributed by atoms with Crippen LogP contribution in [0, 0.1) is 6.92 Å². The van der Waals surface area contributed by atoms with Crippen LogP contribution in [0.15, 0.2) is 66.4 Å². The fraction of sp³-hybridized carbons (Fsp3) is 0.200. The highest BCUT2D eigenvalue weighted by Crippen LogP contribution is 2.46. The van der Waals surface area contributed by atoms with Crippen molar-refractivity contribution in [1.29, 1.82) is 0 Å². The van der Waals surface area contributed by atoms with Crippen LogP contribution in [0.2, 0.25) is 5.02 Å². The maximum Gasteiger partial charge on any atom is 0.197 e. The lowest BCUT2D eigenvalue weighted by atomic mass is 9.83. The van der Waals surface area contributed by atoms with Gasteiger partial charge in [-0.05, 0) is 48.9 Å². The molecule has 31 heavy (non-hydrogen) atoms. The Morgan fingerprint density at radius 3 is 2.55 bits per heavy atom. The van der Waals surface area contributed by atoms with Gasteiger partial charge in [0.15, 0.2) is 5.78 Å². The lowest BCUT2D eigenvalue weighted by molar-refractivity contribution is 0.104. The van der Waals surface area contributed by atoms with E-state index in [1.807, 2.05) is 55.1 Å². The molecule has 0 aliphatic carbocycles. The van der Waals surface area contributed by atoms with Gasteiger partial charge in [0.1, 0.15) is 4.83 Å². The number of nitrogens with zero attached hydrogens (tertiary/aromatic N) is 3. The molecule has 0 bridgehead atoms. The molecule has 2 aromatic heterocycles. The Morgan fingerprint density at radius 1 is 1.13 bits per heavy atom. The minimum atomic E-state index is -0.228. The van der Waals surface area contributed by atoms with Crippen molar-refractivity contribution in [2.45, 2.75) is 26.2 Å². The van der Waals surface area contributed by atoms with E-state index >= 15 is 0 Å². The predicted octanol–water partition coefficient (Wildman–Crippen LogP) is 6.54. The molecule has 0 saturated heterocycles. The molecule has 0 fully saturated rings. The van der Waals surface area contributed by atoms with Crippen molar-refractivity contribution in [2.24, 2.45) is 0 Å². The van der Waals surface area contributed by atoms with Gasteiger partial charge in [-0.3, -0.25) is 4.79 Å². The number of aryl methyl sites for hydroxylation is 1. The Balaban J connectivity index is 1.56. The number of halogens is 1. The van der Waals surface area contributed by atoms with Gasteiger partial charge >= 0.3 is 0 Å². The van der Waals surface area contributed by atoms with Crippen LogP contribution < -0.4 is 4.90 Å². The van der Waals surface area contributed by atoms with Crippen LogP contribution in [0.1, 0.15) is 34.8 Å². The molecule has 6 heteroatoms. The topological polar surface area (TPSA) is 38.1 Å². The van der Waals surface area contributed by atoms with Crippen molar-refractivity contribution < 1.29 is 4.79 Å². The zero-order chi connectivity index (χ0) is 21.9. The summed E-state index contributed by atoms with van der Waals surface area (Å²) < 4.78 is 1.89. The molecule has 1 aliphatic rings. The van der Waals surface area contributed by atoms with Crippen LogP contribution in [0.25, 0.3) is 15.9 Å². The molecule has 0 spiro atoms. The van der Waals surface area contributed by atoms with Crippen molar-refractivity contribution in [2.75, 3.05) is 11.9 Å². The highest BCUT2D eigenvalue weighted by molar-refractivity contribution is 7.20. The molecule has 0 radical (unpaired) electrons. The van der Waals surface area contributed by atoms with E-state index in [9.17, 15) is 4.79 Å². The number of rotatable bonds is 3. The predicted molar refractivity (Wildman–Crippen MR) is 129 cm³/mol. The molecule has 1 aliphatic heterocycles. The van der Waals surface area contributed by atoms with Gasteiger partial charge in [0.05, 0.1) is 16.3 Å². The van der Waals surface area contributed by atoms with Crippen molar-refractivity contribution >= 4 is 44.6 Å². The first-order valence-corrected chi connectivity index (χ1v) is 11.3. The minimum absolute atomic E-state index is 0.0194. The van der Waals surface area contributed by atoms with Gasteiger partial charge in [0, 0.05) is 40.3 Å². The van der Waals surface area contributed by atoms with Crippen molar-refractivity contribution in [3.63, 3.8) is 0 Å². The minimum Gasteiger partial charge on any atom is -0.347 e. The summed E-state index contributed by atoms with van der Waals surface area (Å²) in [5, 5.41) is 6.35. The molecule has 0 saturated carbocycles. The van der Waals surface area contributed by atoms with Crippen LogP contribution in [0.4, 0.5) is 5.69 Å². The average molecular weight is 448 g/mol. The standard InChI is InChI=1S/C25H22ClN3OS/c1-15-18-13-22(31-24(18)29(27-15)17-11-9-16(26)10-12-17)21(30)14-23-25(2,3)19-7-5-6-8-20(19)28(23)4/h5-14H,1-4H3. The highest BCUT2D eigenvalue weighted by atomic mass is 35.5. The summed E-state index contributed by atoms with van der Waals surface area (Å²) in [6, 6.07) is 17.9. The number of thiophene rings is 1. The monoisotopic (exact) mass is 447 g/mol. The second-order valence-electron chi connectivity index (χ2n) is 8.40. The summed E-state index contributed by atoms with van der Waals surface area (Å²) in [5.41, 5.74) is 4.99. The fourth-order valence-corrected chi connectivity index (χ4v) is 5.60. The Morgan fingerprint density at radius 2 is 1.84 bits per heavy atom. The number of aromatic nitrogens is 2. The second-order valence-corrected chi connectivity index (χ2v) is 9.87. The van der Waals surface area contributed by atoms with E-state index in [2.05, 4.69) is 42.0 Å². The van der Waals surface area contributed by atoms with Gasteiger partial charge in [0.2, 0.25) is 0 Å². The van der Waals surface area contributed by atoms with Crippen molar-refractivity contribution in [3.8, 4) is 5.69 Å². The number of allylic oxidation sites excluding steroid dienone is 2. The highest BCUT2D eigenvalue weighted by Gasteiger charge is 2.38. The normalized spacial score (nSPS) is 16.3. The summed E-state index contributed by atoms with van der Waals surface area (Å²) in [6.07, 6.45) is 1.79. The van der Waals surface area contributed by atoms with Crippen LogP contribution in [-0.2, 0) is 5.41 Å². The SMILES string of the molecule is Cc1nn(-c2ccc(Cl)cc2)c2sc(C(=O)C=C3N(C)c4ccccc4C3(C)C)cc12. The second kappa shape index (κ2) is 7.08. The summed E-state index contributed by atoms with van der Waals surface area (Å²) in [5.74, 6) is 0.0194. The first-order chi connectivity index (χ1) is 14.8. The summed E-state index contributed by atoms with van der Waals surface area (Å²) in [7, 11) is 2.03. The Labute approximate surface area is 190 Å². The third kappa shape index (κ3) is 3.11. The summed E-state index contributed by atoms with van der Waals surface area (Å²) in [4.78, 5) is 17.1. The van der Waals surface area contributed by atoms with Gasteiger partial charge in [-0.25, -0.2) is 4.68 Å². The summed E-state index contributed by atoms with van der Waals surface area (Å²) in [6.45, 7) is 6.31. The first-order valence-electron chi connectivity index (χ1n) is 10.1. The maximum absolute atomic E-state index is 13.3. The van der Waals surface area contributed by atoms with Crippen LogP contribution in [0.3, 0.4) is 0 Å². The number of carbonyl (C=O) groups is 1. The zero-order valence-electron chi connectivity index (χ0n) is 17.8. The lowest BCUT2D eigenvalue weighted by Crippen LogP contribution is -2.24. The average Bonchev–Trinajstić information content (AvgIpc) is 3.37. The first kappa shape index (κ1) is 20.0. The maximum atomic E-state index is 13.3. The molecule has 5 rings (SSSR count). The van der Waals surface area contributed by atoms with Crippen LogP contribution in [-0.4, -0.2) is 22.6 Å². The van der Waals surface area contributed by atoms with E-state index in [0.29, 0.717) is 9.90 Å². The van der Waals surface area contributed by atoms with Gasteiger partial charge in [-0.1, -0.05) is 43.6 Å². The van der Waals surface area contributed by atoms with Crippen molar-refractivity contribution in [1.82, 2.24) is 9.78 Å². The molecule has 3 heterocycles. The number of ketones is 1. The number of hydrogen-bond acceptors (Lipinski definition) is 4. The van der Waals surface area contributed by atoms with Gasteiger partial charge in [-0.2, -0.15) is 5.10 Å². The molecular weight excluding hydrogens is 426 g/mol. The van der Waals surface area contributed by atoms with E-state index in [-0.39, 0.29) is 11.2 Å². The van der Waals surface area contributed by atoms with E-state index in [0.717, 1.165) is 33.0 Å². The zero-order valence-corrected chi connectivity index (χ0v) is 19.4. The molecule has 0 unspecified atom stereocenters. The largest absolute Gasteiger partial charge is 0.347 e. The van der Waals surface area contributed by atoms with Gasteiger partial charge in [0.25, 0.3) is 0 Å². The molecule has 0 amide bonds. The Hall–Kier alpha value is -2.89. The van der Waals surface area contributed by atoms with Gasteiger partial charge < -0.3 is 4.90 Å². The van der Waals surface area contributed by atoms with E-state index in [1.165, 1.54) is 16.9 Å². The quantitative estimate of drug-likeness (QED) is 0.264. The Kier molecular flexibility index (Phi) is 4.57. The lowest BCUT2D eigenvalue weighted by Gasteiger charge is -2.23. The Bertz CT molecular complexity index is 1360. The smallest absolute Gasteiger partial charge is 0.197 e. The fourth-order valence-electron chi connectivity index (χ4n) is 4.38. The van der Waals surface area contributed by atoms with Crippen LogP contribution >= 0.6 is 22.9 Å². The third-order valence-corrected chi connectivity index (χ3v) is 7.44. The molecular formula is C25H22ClN3OS. The molecule has 4 nitrogen and oxygen atoms in total. The van der Waals surface area contributed by atoms with E-state index < -0.39 is 0 Å². The van der Waals surface area contributed by atoms with E-state index in [4.69, 9.17) is 11.6 Å². The number of fused-ring (bicyclic) bond motifs is 2. The molecule has 0 N–H and O–H groups in total. The van der Waals surface area contributed by atoms with Crippen LogP contribution in [0.5, 0.6) is 0 Å². The molecule has 4 aromatic rings. The number of anilines is 1. The van der Waals surface area contributed by atoms with Crippen molar-refractivity contribution in [3.05, 3.63) is 87.5 Å². The third-order valence-electron chi connectivity index (χ3n) is 6.07. The van der Waals surface area contributed by atoms with Gasteiger partial charge in [-0.15, -0.1) is 11.3 Å². The molecule has 2 aromatic carbocycles. The number of para-hydroxylation sites is 1. The number of hydrogen-bond donors (Lipinski definition) is 0. The number of benzene rings is 2. The van der Waals surface area contributed by atoms with E-state index in [1.54, 1.807) is 6.08 Å². The molecule has 0 atom stereocenters. The molecule has 156 valence electrons. The summed E-state index contributed by atoms with van der Waals surface area (Å²) >= 11 is 7.51. The number of carbonyl (C=O) groups excluding carboxylic acids is 1. The number of likely N-dealkylation sites (N-methyl/N-ethyl adjacent to an activating group) is 1.